The molecule has 2 aliphatic heterocycles. The number of aliphatic hydroxyl groups is 4. The number of nitrogens with one attached hydrogen (secondary N) is 1. The van der Waals surface area contributed by atoms with E-state index in [1.165, 1.54) is 26.4 Å². The molecule has 2 unspecified atom stereocenters. The summed E-state index contributed by atoms with van der Waals surface area (Å²) in [5.74, 6) is -2.37. The van der Waals surface area contributed by atoms with Crippen molar-refractivity contribution in [3.63, 3.8) is 0 Å². The minimum absolute atomic E-state index is 0.0577. The van der Waals surface area contributed by atoms with E-state index < -0.39 is 65.2 Å². The highest BCUT2D eigenvalue weighted by Gasteiger charge is 2.77. The molecule has 5 N–H and O–H groups in total. The standard InChI is InChI=1S/C34H47N3O9/c1-22(14-10-7-8-11-15-25-19-35-21-45-25)28(40)32(4,5)30(42)36-17-13-9-12-16-26(39)23(2)18-27-34(44)24(3)29(41)37(6)33(34,20-38)31(43)46-27/h7-14,16,19,21,23-24,26-28,38-40,44H,15,17-18,20H2,1-6H3,(H,36,42)/b10-7-,11-8+,13-9+,16-12+,22-14-/t23-,24+,26?,27+,28?,33-,34-/m1/s1. The van der Waals surface area contributed by atoms with Gasteiger partial charge in [0.1, 0.15) is 17.5 Å². The van der Waals surface area contributed by atoms with Crippen LogP contribution in [0.4, 0.5) is 0 Å². The molecule has 1 aromatic rings. The van der Waals surface area contributed by atoms with Gasteiger partial charge in [0, 0.05) is 20.0 Å². The van der Waals surface area contributed by atoms with Gasteiger partial charge in [-0.1, -0.05) is 68.5 Å². The van der Waals surface area contributed by atoms with Crippen molar-refractivity contribution >= 4 is 17.8 Å². The zero-order valence-corrected chi connectivity index (χ0v) is 27.3. The summed E-state index contributed by atoms with van der Waals surface area (Å²) in [6.07, 6.45) is 16.2. The van der Waals surface area contributed by atoms with E-state index in [2.05, 4.69) is 10.3 Å². The van der Waals surface area contributed by atoms with Crippen molar-refractivity contribution in [2.45, 2.75) is 76.9 Å². The molecule has 2 fully saturated rings. The molecular formula is C34H47N3O9. The fourth-order valence-electron chi connectivity index (χ4n) is 6.01. The molecule has 3 rings (SSSR count). The molecule has 3 heterocycles. The Morgan fingerprint density at radius 2 is 1.87 bits per heavy atom. The summed E-state index contributed by atoms with van der Waals surface area (Å²) in [5.41, 5.74) is -4.29. The van der Waals surface area contributed by atoms with Crippen LogP contribution in [0.1, 0.15) is 46.8 Å². The van der Waals surface area contributed by atoms with Crippen molar-refractivity contribution in [2.24, 2.45) is 17.3 Å². The van der Waals surface area contributed by atoms with Gasteiger partial charge in [-0.05, 0) is 38.7 Å². The Hall–Kier alpha value is -3.84. The number of aliphatic hydroxyl groups excluding tert-OH is 3. The first-order valence-electron chi connectivity index (χ1n) is 15.3. The minimum atomic E-state index is -1.94. The largest absolute Gasteiger partial charge is 0.457 e. The monoisotopic (exact) mass is 641 g/mol. The van der Waals surface area contributed by atoms with Gasteiger partial charge in [-0.3, -0.25) is 9.59 Å². The van der Waals surface area contributed by atoms with Crippen molar-refractivity contribution in [1.82, 2.24) is 15.2 Å². The number of cyclic esters (lactones) is 1. The van der Waals surface area contributed by atoms with Gasteiger partial charge in [-0.15, -0.1) is 0 Å². The lowest BCUT2D eigenvalue weighted by Gasteiger charge is -2.37. The fraction of sp³-hybridized carbons (Fsp3) is 0.529. The number of likely N-dealkylation sites (N-methyl/N-ethyl adjacent to an activating group) is 1. The molecule has 0 radical (unpaired) electrons. The molecule has 252 valence electrons. The molecule has 0 saturated carbocycles. The number of hydrogen-bond donors (Lipinski definition) is 5. The maximum absolute atomic E-state index is 12.8. The van der Waals surface area contributed by atoms with Crippen LogP contribution in [0.15, 0.2) is 77.3 Å². The van der Waals surface area contributed by atoms with Crippen LogP contribution in [-0.2, 0) is 25.5 Å². The SMILES string of the molecule is C/C(=C/C=C\C=C\Cc1cnco1)C(O)C(C)(C)C(=O)NC/C=C/C=C/C(O)[C@H](C)C[C@@H]1OC(=O)[C@@]2(CO)N(C)C(=O)[C@H](C)[C@@]12O. The highest BCUT2D eigenvalue weighted by atomic mass is 16.6. The Bertz CT molecular complexity index is 1380. The number of carbonyl (C=O) groups excluding carboxylic acids is 3. The van der Waals surface area contributed by atoms with Crippen LogP contribution in [0.3, 0.4) is 0 Å². The third-order valence-corrected chi connectivity index (χ3v) is 9.23. The quantitative estimate of drug-likeness (QED) is 0.140. The summed E-state index contributed by atoms with van der Waals surface area (Å²) in [6, 6.07) is 0. The van der Waals surface area contributed by atoms with Gasteiger partial charge < -0.3 is 39.8 Å². The van der Waals surface area contributed by atoms with Crippen molar-refractivity contribution in [2.75, 3.05) is 20.2 Å². The first-order valence-corrected chi connectivity index (χ1v) is 15.3. The maximum atomic E-state index is 12.8. The first-order chi connectivity index (χ1) is 21.7. The predicted octanol–water partition coefficient (Wildman–Crippen LogP) is 1.77. The molecule has 0 bridgehead atoms. The van der Waals surface area contributed by atoms with Crippen molar-refractivity contribution in [3.8, 4) is 0 Å². The normalized spacial score (nSPS) is 27.7. The summed E-state index contributed by atoms with van der Waals surface area (Å²) in [6.45, 7) is 7.71. The van der Waals surface area contributed by atoms with E-state index in [9.17, 15) is 34.8 Å². The number of aromatic nitrogens is 1. The molecular weight excluding hydrogens is 594 g/mol. The van der Waals surface area contributed by atoms with Crippen LogP contribution in [0, 0.1) is 17.3 Å². The number of rotatable bonds is 15. The number of oxazole rings is 1. The Kier molecular flexibility index (Phi) is 12.1. The third-order valence-electron chi connectivity index (χ3n) is 9.23. The molecule has 1 aromatic heterocycles. The van der Waals surface area contributed by atoms with Crippen LogP contribution >= 0.6 is 0 Å². The molecule has 2 amide bonds. The number of nitrogens with zero attached hydrogens (tertiary/aromatic N) is 2. The topological polar surface area (TPSA) is 183 Å². The van der Waals surface area contributed by atoms with E-state index in [-0.39, 0.29) is 18.9 Å². The number of fused-ring (bicyclic) bond motifs is 1. The van der Waals surface area contributed by atoms with E-state index in [0.29, 0.717) is 12.0 Å². The van der Waals surface area contributed by atoms with Gasteiger partial charge in [0.25, 0.3) is 0 Å². The summed E-state index contributed by atoms with van der Waals surface area (Å²) in [5, 5.41) is 45.9. The Morgan fingerprint density at radius 1 is 1.17 bits per heavy atom. The molecule has 2 aliphatic rings. The second-order valence-electron chi connectivity index (χ2n) is 12.6. The molecule has 12 heteroatoms. The summed E-state index contributed by atoms with van der Waals surface area (Å²) in [4.78, 5) is 43.1. The zero-order chi connectivity index (χ0) is 34.3. The summed E-state index contributed by atoms with van der Waals surface area (Å²) < 4.78 is 10.6. The van der Waals surface area contributed by atoms with Crippen molar-refractivity contribution in [3.05, 3.63) is 78.6 Å². The van der Waals surface area contributed by atoms with Gasteiger partial charge in [0.05, 0.1) is 36.3 Å². The first kappa shape index (κ1) is 36.6. The average molecular weight is 642 g/mol. The third kappa shape index (κ3) is 7.10. The molecule has 46 heavy (non-hydrogen) atoms. The van der Waals surface area contributed by atoms with E-state index in [0.717, 1.165) is 10.7 Å². The lowest BCUT2D eigenvalue weighted by molar-refractivity contribution is -0.156. The number of esters is 1. The fourth-order valence-corrected chi connectivity index (χ4v) is 6.01. The Balaban J connectivity index is 1.47. The molecule has 0 spiro atoms. The summed E-state index contributed by atoms with van der Waals surface area (Å²) in [7, 11) is 1.36. The van der Waals surface area contributed by atoms with E-state index in [4.69, 9.17) is 9.15 Å². The summed E-state index contributed by atoms with van der Waals surface area (Å²) >= 11 is 0. The van der Waals surface area contributed by atoms with E-state index in [1.807, 2.05) is 18.2 Å². The number of carbonyl (C=O) groups is 3. The van der Waals surface area contributed by atoms with Crippen molar-refractivity contribution < 1.29 is 44.0 Å². The number of likely N-dealkylation sites (tertiary alicyclic amines) is 1. The van der Waals surface area contributed by atoms with Crippen molar-refractivity contribution in [1.29, 1.82) is 0 Å². The van der Waals surface area contributed by atoms with Crippen LogP contribution in [-0.4, -0.2) is 97.7 Å². The van der Waals surface area contributed by atoms with Gasteiger partial charge in [-0.2, -0.15) is 0 Å². The molecule has 7 atom stereocenters. The lowest BCUT2D eigenvalue weighted by Crippen LogP contribution is -2.64. The second-order valence-corrected chi connectivity index (χ2v) is 12.6. The van der Waals surface area contributed by atoms with Crippen LogP contribution in [0.5, 0.6) is 0 Å². The van der Waals surface area contributed by atoms with Gasteiger partial charge in [-0.25, -0.2) is 9.78 Å². The zero-order valence-electron chi connectivity index (χ0n) is 27.3. The van der Waals surface area contributed by atoms with Crippen LogP contribution in [0.2, 0.25) is 0 Å². The second kappa shape index (κ2) is 15.2. The molecule has 0 aromatic carbocycles. The molecule has 0 aliphatic carbocycles. The highest BCUT2D eigenvalue weighted by Crippen LogP contribution is 2.52. The number of ether oxygens (including phenoxy) is 1. The average Bonchev–Trinajstić information content (AvgIpc) is 3.66. The van der Waals surface area contributed by atoms with Crippen LogP contribution < -0.4 is 5.32 Å². The maximum Gasteiger partial charge on any atom is 0.338 e. The Labute approximate surface area is 269 Å². The number of hydrogen-bond acceptors (Lipinski definition) is 10. The Morgan fingerprint density at radius 3 is 2.52 bits per heavy atom. The minimum Gasteiger partial charge on any atom is -0.457 e. The lowest BCUT2D eigenvalue weighted by atomic mass is 9.72. The van der Waals surface area contributed by atoms with E-state index >= 15 is 0 Å². The van der Waals surface area contributed by atoms with Gasteiger partial charge in [0.2, 0.25) is 11.8 Å². The van der Waals surface area contributed by atoms with Gasteiger partial charge >= 0.3 is 5.97 Å². The number of allylic oxidation sites excluding steroid dienone is 7. The molecule has 2 saturated heterocycles. The molecule has 12 nitrogen and oxygen atoms in total. The van der Waals surface area contributed by atoms with Gasteiger partial charge in [0.15, 0.2) is 11.9 Å². The predicted molar refractivity (Wildman–Crippen MR) is 170 cm³/mol. The van der Waals surface area contributed by atoms with E-state index in [1.54, 1.807) is 64.3 Å². The smallest absolute Gasteiger partial charge is 0.338 e. The van der Waals surface area contributed by atoms with Crippen LogP contribution in [0.25, 0.3) is 0 Å². The highest BCUT2D eigenvalue weighted by molar-refractivity contribution is 5.98. The number of amides is 2.